The standard InChI is InChI=1S/C14H16N4O6S/c1-14(2,3)13(19)15-17-25(22,23)12-8-11(16-24-12)9-4-6-10(7-5-9)18(20)21/h4-8,17H,1-3H3,(H,15,19). The zero-order chi connectivity index (χ0) is 18.8. The van der Waals surface area contributed by atoms with Crippen LogP contribution < -0.4 is 10.3 Å². The van der Waals surface area contributed by atoms with Gasteiger partial charge in [0.05, 0.1) is 4.92 Å². The van der Waals surface area contributed by atoms with E-state index in [2.05, 4.69) is 10.6 Å². The van der Waals surface area contributed by atoms with Crippen LogP contribution in [0.5, 0.6) is 0 Å². The lowest BCUT2D eigenvalue weighted by Gasteiger charge is -2.17. The Morgan fingerprint density at radius 1 is 1.24 bits per heavy atom. The molecule has 0 unspecified atom stereocenters. The van der Waals surface area contributed by atoms with Crippen molar-refractivity contribution >= 4 is 21.6 Å². The van der Waals surface area contributed by atoms with Crippen molar-refractivity contribution in [2.24, 2.45) is 5.41 Å². The van der Waals surface area contributed by atoms with E-state index in [0.717, 1.165) is 6.07 Å². The van der Waals surface area contributed by atoms with Gasteiger partial charge in [-0.25, -0.2) is 8.42 Å². The molecule has 10 nitrogen and oxygen atoms in total. The third kappa shape index (κ3) is 4.39. The number of benzene rings is 1. The number of nitrogens with one attached hydrogen (secondary N) is 2. The molecule has 1 aromatic heterocycles. The summed E-state index contributed by atoms with van der Waals surface area (Å²) in [5.74, 6) is -0.522. The molecule has 134 valence electrons. The van der Waals surface area contributed by atoms with Crippen molar-refractivity contribution in [1.82, 2.24) is 15.4 Å². The molecule has 1 amide bonds. The van der Waals surface area contributed by atoms with Gasteiger partial charge in [-0.15, -0.1) is 4.83 Å². The molecule has 0 bridgehead atoms. The summed E-state index contributed by atoms with van der Waals surface area (Å²) in [6, 6.07) is 6.51. The first kappa shape index (κ1) is 18.5. The summed E-state index contributed by atoms with van der Waals surface area (Å²) in [5.41, 5.74) is 1.82. The quantitative estimate of drug-likeness (QED) is 0.602. The Morgan fingerprint density at radius 3 is 2.36 bits per heavy atom. The Kier molecular flexibility index (Phi) is 4.90. The molecule has 0 radical (unpaired) electrons. The van der Waals surface area contributed by atoms with Crippen molar-refractivity contribution < 1.29 is 22.7 Å². The summed E-state index contributed by atoms with van der Waals surface area (Å²) >= 11 is 0. The molecule has 0 aliphatic carbocycles. The summed E-state index contributed by atoms with van der Waals surface area (Å²) < 4.78 is 29.0. The van der Waals surface area contributed by atoms with Crippen molar-refractivity contribution in [3.63, 3.8) is 0 Å². The number of nitrogens with zero attached hydrogens (tertiary/aromatic N) is 2. The van der Waals surface area contributed by atoms with Crippen LogP contribution in [0.3, 0.4) is 0 Å². The van der Waals surface area contributed by atoms with E-state index in [1.807, 2.05) is 4.83 Å². The fourth-order valence-corrected chi connectivity index (χ4v) is 2.36. The van der Waals surface area contributed by atoms with Gasteiger partial charge in [0.15, 0.2) is 0 Å². The van der Waals surface area contributed by atoms with Gasteiger partial charge < -0.3 is 4.52 Å². The van der Waals surface area contributed by atoms with Crippen LogP contribution in [0, 0.1) is 15.5 Å². The topological polar surface area (TPSA) is 144 Å². The summed E-state index contributed by atoms with van der Waals surface area (Å²) in [7, 11) is -4.14. The highest BCUT2D eigenvalue weighted by atomic mass is 32.2. The van der Waals surface area contributed by atoms with E-state index in [1.165, 1.54) is 24.3 Å². The van der Waals surface area contributed by atoms with Gasteiger partial charge in [0.2, 0.25) is 5.91 Å². The van der Waals surface area contributed by atoms with E-state index in [0.29, 0.717) is 5.56 Å². The number of amides is 1. The van der Waals surface area contributed by atoms with Gasteiger partial charge in [0, 0.05) is 29.2 Å². The second-order valence-electron chi connectivity index (χ2n) is 6.14. The maximum atomic E-state index is 12.1. The van der Waals surface area contributed by atoms with Crippen LogP contribution in [-0.4, -0.2) is 24.4 Å². The van der Waals surface area contributed by atoms with Crippen molar-refractivity contribution in [2.45, 2.75) is 25.9 Å². The van der Waals surface area contributed by atoms with E-state index >= 15 is 0 Å². The summed E-state index contributed by atoms with van der Waals surface area (Å²) in [6.45, 7) is 4.87. The molecular weight excluding hydrogens is 352 g/mol. The number of nitro groups is 1. The lowest BCUT2D eigenvalue weighted by atomic mass is 9.96. The zero-order valence-electron chi connectivity index (χ0n) is 13.6. The maximum absolute atomic E-state index is 12.1. The van der Waals surface area contributed by atoms with Gasteiger partial charge in [-0.1, -0.05) is 25.9 Å². The molecule has 11 heteroatoms. The van der Waals surface area contributed by atoms with Crippen molar-refractivity contribution in [3.8, 4) is 11.3 Å². The molecule has 1 aromatic carbocycles. The van der Waals surface area contributed by atoms with Gasteiger partial charge in [-0.2, -0.15) is 0 Å². The fraction of sp³-hybridized carbons (Fsp3) is 0.286. The molecule has 2 aromatic rings. The van der Waals surface area contributed by atoms with Gasteiger partial charge in [0.1, 0.15) is 5.69 Å². The van der Waals surface area contributed by atoms with Crippen LogP contribution in [-0.2, 0) is 14.8 Å². The van der Waals surface area contributed by atoms with Crippen LogP contribution in [0.4, 0.5) is 5.69 Å². The minimum Gasteiger partial charge on any atom is -0.342 e. The van der Waals surface area contributed by atoms with Crippen LogP contribution in [0.25, 0.3) is 11.3 Å². The first-order chi connectivity index (χ1) is 11.5. The highest BCUT2D eigenvalue weighted by Gasteiger charge is 2.26. The smallest absolute Gasteiger partial charge is 0.293 e. The molecule has 2 N–H and O–H groups in total. The van der Waals surface area contributed by atoms with E-state index in [9.17, 15) is 23.3 Å². The number of non-ortho nitro benzene ring substituents is 1. The number of aromatic nitrogens is 1. The zero-order valence-corrected chi connectivity index (χ0v) is 14.5. The molecule has 0 saturated heterocycles. The fourth-order valence-electron chi connectivity index (χ4n) is 1.63. The Bertz CT molecular complexity index is 896. The first-order valence-electron chi connectivity index (χ1n) is 7.04. The number of carbonyl (C=O) groups is 1. The third-order valence-electron chi connectivity index (χ3n) is 3.11. The average Bonchev–Trinajstić information content (AvgIpc) is 3.02. The van der Waals surface area contributed by atoms with Gasteiger partial charge in [-0.05, 0) is 12.1 Å². The van der Waals surface area contributed by atoms with Gasteiger partial charge in [0.25, 0.3) is 20.8 Å². The monoisotopic (exact) mass is 368 g/mol. The highest BCUT2D eigenvalue weighted by Crippen LogP contribution is 2.23. The molecule has 0 aliphatic rings. The Balaban J connectivity index is 2.16. The number of rotatable bonds is 5. The molecule has 1 heterocycles. The second-order valence-corrected chi connectivity index (χ2v) is 7.76. The van der Waals surface area contributed by atoms with Crippen LogP contribution in [0.15, 0.2) is 39.9 Å². The van der Waals surface area contributed by atoms with Crippen molar-refractivity contribution in [3.05, 3.63) is 40.4 Å². The van der Waals surface area contributed by atoms with Crippen LogP contribution >= 0.6 is 0 Å². The number of sulfonamides is 1. The number of hydrogen-bond donors (Lipinski definition) is 2. The largest absolute Gasteiger partial charge is 0.342 e. The summed E-state index contributed by atoms with van der Waals surface area (Å²) in [6.07, 6.45) is 0. The first-order valence-corrected chi connectivity index (χ1v) is 8.53. The molecule has 2 rings (SSSR count). The van der Waals surface area contributed by atoms with Crippen molar-refractivity contribution in [1.29, 1.82) is 0 Å². The van der Waals surface area contributed by atoms with Gasteiger partial charge in [-0.3, -0.25) is 20.3 Å². The van der Waals surface area contributed by atoms with E-state index in [-0.39, 0.29) is 11.4 Å². The van der Waals surface area contributed by atoms with E-state index < -0.39 is 31.4 Å². The molecule has 0 atom stereocenters. The maximum Gasteiger partial charge on any atom is 0.293 e. The number of carbonyl (C=O) groups excluding carboxylic acids is 1. The lowest BCUT2D eigenvalue weighted by molar-refractivity contribution is -0.384. The second kappa shape index (κ2) is 6.61. The molecule has 0 saturated carbocycles. The molecular formula is C14H16N4O6S. The van der Waals surface area contributed by atoms with E-state index in [4.69, 9.17) is 4.52 Å². The molecule has 25 heavy (non-hydrogen) atoms. The van der Waals surface area contributed by atoms with E-state index in [1.54, 1.807) is 20.8 Å². The lowest BCUT2D eigenvalue weighted by Crippen LogP contribution is -2.46. The number of hydrazine groups is 1. The van der Waals surface area contributed by atoms with Crippen LogP contribution in [0.1, 0.15) is 20.8 Å². The van der Waals surface area contributed by atoms with Crippen LogP contribution in [0.2, 0.25) is 0 Å². The number of nitro benzene ring substituents is 1. The highest BCUT2D eigenvalue weighted by molar-refractivity contribution is 7.89. The van der Waals surface area contributed by atoms with Crippen molar-refractivity contribution in [2.75, 3.05) is 0 Å². The summed E-state index contributed by atoms with van der Waals surface area (Å²) in [5, 5.41) is 13.8. The average molecular weight is 368 g/mol. The Morgan fingerprint density at radius 2 is 1.84 bits per heavy atom. The minimum atomic E-state index is -4.14. The Hall–Kier alpha value is -2.79. The minimum absolute atomic E-state index is 0.105. The predicted octanol–water partition coefficient (Wildman–Crippen LogP) is 1.61. The third-order valence-corrected chi connectivity index (χ3v) is 4.20. The Labute approximate surface area is 143 Å². The molecule has 0 spiro atoms. The predicted molar refractivity (Wildman–Crippen MR) is 86.5 cm³/mol. The normalized spacial score (nSPS) is 12.0. The number of hydrogen-bond acceptors (Lipinski definition) is 7. The van der Waals surface area contributed by atoms with Gasteiger partial charge >= 0.3 is 0 Å². The summed E-state index contributed by atoms with van der Waals surface area (Å²) in [4.78, 5) is 23.7. The molecule has 0 aliphatic heterocycles. The SMILES string of the molecule is CC(C)(C)C(=O)NNS(=O)(=O)c1cc(-c2ccc([N+](=O)[O-])cc2)no1. The molecule has 0 fully saturated rings.